The van der Waals surface area contributed by atoms with Gasteiger partial charge in [0.1, 0.15) is 0 Å². The van der Waals surface area contributed by atoms with Gasteiger partial charge in [0.25, 0.3) is 0 Å². The smallest absolute Gasteiger partial charge is 0.230 e. The van der Waals surface area contributed by atoms with E-state index in [1.807, 2.05) is 4.90 Å². The van der Waals surface area contributed by atoms with E-state index in [-0.39, 0.29) is 11.3 Å². The molecule has 0 aromatic heterocycles. The second-order valence-electron chi connectivity index (χ2n) is 11.7. The largest absolute Gasteiger partial charge is 0.368 e. The third-order valence-corrected chi connectivity index (χ3v) is 9.14. The van der Waals surface area contributed by atoms with Crippen molar-refractivity contribution in [1.29, 1.82) is 0 Å². The number of nitrogens with zero attached hydrogens (tertiary/aromatic N) is 2. The molecule has 1 aromatic carbocycles. The van der Waals surface area contributed by atoms with E-state index >= 15 is 0 Å². The first-order chi connectivity index (χ1) is 16.5. The standard InChI is InChI=1S/C29H43N3O2/c1-2-3-4-5-6-7-27(33)32-14-12-31(13-15-32)26-10-8-25(9-11-26)30-28(34)29-19-22-16-23(20-29)18-24(17-22)21-29/h8-11,22-24H,2-7,12-21H2,1H3,(H,30,34). The molecule has 1 saturated heterocycles. The van der Waals surface area contributed by atoms with E-state index in [4.69, 9.17) is 0 Å². The summed E-state index contributed by atoms with van der Waals surface area (Å²) in [5.41, 5.74) is 1.99. The summed E-state index contributed by atoms with van der Waals surface area (Å²) in [6.07, 6.45) is 14.0. The molecule has 1 N–H and O–H groups in total. The number of carbonyl (C=O) groups excluding carboxylic acids is 2. The second kappa shape index (κ2) is 10.3. The zero-order chi connectivity index (χ0) is 23.5. The van der Waals surface area contributed by atoms with Crippen molar-refractivity contribution in [3.05, 3.63) is 24.3 Å². The number of rotatable bonds is 9. The van der Waals surface area contributed by atoms with Gasteiger partial charge in [0.15, 0.2) is 0 Å². The van der Waals surface area contributed by atoms with Crippen molar-refractivity contribution in [3.8, 4) is 0 Å². The van der Waals surface area contributed by atoms with Crippen LogP contribution in [0.25, 0.3) is 0 Å². The first-order valence-electron chi connectivity index (χ1n) is 14.0. The van der Waals surface area contributed by atoms with Gasteiger partial charge in [-0.2, -0.15) is 0 Å². The minimum Gasteiger partial charge on any atom is -0.368 e. The van der Waals surface area contributed by atoms with Crippen LogP contribution in [0.15, 0.2) is 24.3 Å². The molecule has 186 valence electrons. The Morgan fingerprint density at radius 1 is 0.853 bits per heavy atom. The molecule has 6 rings (SSSR count). The van der Waals surface area contributed by atoms with E-state index in [0.717, 1.165) is 75.3 Å². The number of carbonyl (C=O) groups is 2. The molecule has 0 atom stereocenters. The zero-order valence-corrected chi connectivity index (χ0v) is 21.1. The average Bonchev–Trinajstić information content (AvgIpc) is 2.83. The van der Waals surface area contributed by atoms with Crippen LogP contribution in [0.5, 0.6) is 0 Å². The van der Waals surface area contributed by atoms with Crippen LogP contribution in [-0.2, 0) is 9.59 Å². The van der Waals surface area contributed by atoms with Crippen LogP contribution in [0.2, 0.25) is 0 Å². The number of amides is 2. The van der Waals surface area contributed by atoms with Crippen molar-refractivity contribution in [2.75, 3.05) is 36.4 Å². The number of piperazine rings is 1. The van der Waals surface area contributed by atoms with Crippen molar-refractivity contribution >= 4 is 23.2 Å². The molecular weight excluding hydrogens is 422 g/mol. The molecule has 34 heavy (non-hydrogen) atoms. The van der Waals surface area contributed by atoms with E-state index < -0.39 is 0 Å². The van der Waals surface area contributed by atoms with Crippen molar-refractivity contribution in [2.45, 2.75) is 84.0 Å². The molecule has 4 bridgehead atoms. The van der Waals surface area contributed by atoms with Crippen molar-refractivity contribution in [3.63, 3.8) is 0 Å². The lowest BCUT2D eigenvalue weighted by molar-refractivity contribution is -0.140. The van der Waals surface area contributed by atoms with Crippen LogP contribution in [0.3, 0.4) is 0 Å². The van der Waals surface area contributed by atoms with Crippen LogP contribution in [0, 0.1) is 23.2 Å². The van der Waals surface area contributed by atoms with Crippen LogP contribution in [0.1, 0.15) is 84.0 Å². The van der Waals surface area contributed by atoms with Crippen LogP contribution in [0.4, 0.5) is 11.4 Å². The normalized spacial score (nSPS) is 30.0. The van der Waals surface area contributed by atoms with Gasteiger partial charge in [-0.25, -0.2) is 0 Å². The van der Waals surface area contributed by atoms with Gasteiger partial charge in [0, 0.05) is 44.0 Å². The molecule has 0 unspecified atom stereocenters. The van der Waals surface area contributed by atoms with Gasteiger partial charge in [0.2, 0.25) is 11.8 Å². The van der Waals surface area contributed by atoms with Gasteiger partial charge < -0.3 is 15.1 Å². The molecule has 5 heteroatoms. The second-order valence-corrected chi connectivity index (χ2v) is 11.7. The van der Waals surface area contributed by atoms with Crippen LogP contribution in [-0.4, -0.2) is 42.9 Å². The van der Waals surface area contributed by atoms with Gasteiger partial charge in [-0.05, 0) is 87.0 Å². The Morgan fingerprint density at radius 2 is 1.44 bits per heavy atom. The Bertz CT molecular complexity index is 821. The Morgan fingerprint density at radius 3 is 2.03 bits per heavy atom. The summed E-state index contributed by atoms with van der Waals surface area (Å²) in [5, 5.41) is 3.27. The maximum Gasteiger partial charge on any atom is 0.230 e. The molecule has 1 heterocycles. The number of hydrogen-bond acceptors (Lipinski definition) is 3. The molecule has 1 aromatic rings. The van der Waals surface area contributed by atoms with Crippen LogP contribution < -0.4 is 10.2 Å². The van der Waals surface area contributed by atoms with Gasteiger partial charge in [-0.1, -0.05) is 32.6 Å². The maximum absolute atomic E-state index is 13.3. The Hall–Kier alpha value is -2.04. The summed E-state index contributed by atoms with van der Waals surface area (Å²) in [6, 6.07) is 8.37. The number of benzene rings is 1. The lowest BCUT2D eigenvalue weighted by Gasteiger charge is -2.55. The maximum atomic E-state index is 13.3. The van der Waals surface area contributed by atoms with Gasteiger partial charge in [-0.15, -0.1) is 0 Å². The molecule has 0 radical (unpaired) electrons. The number of unbranched alkanes of at least 4 members (excludes halogenated alkanes) is 4. The molecule has 2 amide bonds. The third kappa shape index (κ3) is 5.13. The van der Waals surface area contributed by atoms with E-state index in [2.05, 4.69) is 41.4 Å². The highest BCUT2D eigenvalue weighted by Gasteiger charge is 2.54. The lowest BCUT2D eigenvalue weighted by atomic mass is 9.49. The van der Waals surface area contributed by atoms with Gasteiger partial charge >= 0.3 is 0 Å². The van der Waals surface area contributed by atoms with Crippen molar-refractivity contribution < 1.29 is 9.59 Å². The molecule has 4 aliphatic carbocycles. The fourth-order valence-electron chi connectivity index (χ4n) is 7.66. The van der Waals surface area contributed by atoms with Crippen LogP contribution >= 0.6 is 0 Å². The topological polar surface area (TPSA) is 52.7 Å². The molecular formula is C29H43N3O2. The van der Waals surface area contributed by atoms with E-state index in [1.54, 1.807) is 0 Å². The Labute approximate surface area is 205 Å². The molecule has 1 aliphatic heterocycles. The summed E-state index contributed by atoms with van der Waals surface area (Å²) in [7, 11) is 0. The number of anilines is 2. The zero-order valence-electron chi connectivity index (χ0n) is 21.1. The van der Waals surface area contributed by atoms with E-state index in [1.165, 1.54) is 50.6 Å². The molecule has 4 saturated carbocycles. The highest BCUT2D eigenvalue weighted by Crippen LogP contribution is 2.60. The molecule has 5 nitrogen and oxygen atoms in total. The Kier molecular flexibility index (Phi) is 7.17. The third-order valence-electron chi connectivity index (χ3n) is 9.14. The molecule has 5 aliphatic rings. The SMILES string of the molecule is CCCCCCCC(=O)N1CCN(c2ccc(NC(=O)C34CC5CC(CC(C5)C3)C4)cc2)CC1. The summed E-state index contributed by atoms with van der Waals surface area (Å²) in [6.45, 7) is 5.58. The van der Waals surface area contributed by atoms with Gasteiger partial charge in [0.05, 0.1) is 5.41 Å². The molecule has 5 fully saturated rings. The fraction of sp³-hybridized carbons (Fsp3) is 0.724. The van der Waals surface area contributed by atoms with Gasteiger partial charge in [-0.3, -0.25) is 9.59 Å². The number of nitrogens with one attached hydrogen (secondary N) is 1. The van der Waals surface area contributed by atoms with Crippen molar-refractivity contribution in [2.24, 2.45) is 23.2 Å². The highest BCUT2D eigenvalue weighted by molar-refractivity contribution is 5.95. The first kappa shape index (κ1) is 23.7. The average molecular weight is 466 g/mol. The summed E-state index contributed by atoms with van der Waals surface area (Å²) in [4.78, 5) is 30.2. The number of hydrogen-bond donors (Lipinski definition) is 1. The summed E-state index contributed by atoms with van der Waals surface area (Å²) in [5.74, 6) is 2.93. The summed E-state index contributed by atoms with van der Waals surface area (Å²) >= 11 is 0. The minimum atomic E-state index is -0.105. The quantitative estimate of drug-likeness (QED) is 0.465. The fourth-order valence-corrected chi connectivity index (χ4v) is 7.66. The first-order valence-corrected chi connectivity index (χ1v) is 14.0. The lowest BCUT2D eigenvalue weighted by Crippen LogP contribution is -2.51. The molecule has 0 spiro atoms. The van der Waals surface area contributed by atoms with E-state index in [0.29, 0.717) is 12.3 Å². The predicted molar refractivity (Wildman–Crippen MR) is 138 cm³/mol. The Balaban J connectivity index is 1.09. The predicted octanol–water partition coefficient (Wildman–Crippen LogP) is 5.85. The highest BCUT2D eigenvalue weighted by atomic mass is 16.2. The van der Waals surface area contributed by atoms with Crippen molar-refractivity contribution in [1.82, 2.24) is 4.90 Å². The van der Waals surface area contributed by atoms with E-state index in [9.17, 15) is 9.59 Å². The summed E-state index contributed by atoms with van der Waals surface area (Å²) < 4.78 is 0. The minimum absolute atomic E-state index is 0.105. The monoisotopic (exact) mass is 465 g/mol.